The lowest BCUT2D eigenvalue weighted by Crippen LogP contribution is -2.46. The Balaban J connectivity index is 0.000000202. The van der Waals surface area contributed by atoms with Crippen LogP contribution < -0.4 is 10.2 Å². The van der Waals surface area contributed by atoms with E-state index in [9.17, 15) is 30.7 Å². The van der Waals surface area contributed by atoms with Crippen molar-refractivity contribution in [2.45, 2.75) is 87.9 Å². The molecular formula is C21H26Cl2F7N3. The molecule has 4 aliphatic rings. The van der Waals surface area contributed by atoms with Gasteiger partial charge in [0.25, 0.3) is 0 Å². The van der Waals surface area contributed by atoms with Crippen LogP contribution in [0, 0.1) is 17.7 Å². The summed E-state index contributed by atoms with van der Waals surface area (Å²) >= 11 is 5.77. The van der Waals surface area contributed by atoms with Gasteiger partial charge in [-0.1, -0.05) is 11.6 Å². The van der Waals surface area contributed by atoms with Crippen LogP contribution in [0.15, 0.2) is 12.3 Å². The van der Waals surface area contributed by atoms with Gasteiger partial charge in [0.2, 0.25) is 0 Å². The van der Waals surface area contributed by atoms with E-state index >= 15 is 0 Å². The fourth-order valence-electron chi connectivity index (χ4n) is 5.76. The molecule has 33 heavy (non-hydrogen) atoms. The highest BCUT2D eigenvalue weighted by atomic mass is 35.5. The summed E-state index contributed by atoms with van der Waals surface area (Å²) in [5.41, 5.74) is 0.276. The number of halogens is 9. The van der Waals surface area contributed by atoms with Gasteiger partial charge in [0.05, 0.1) is 23.7 Å². The van der Waals surface area contributed by atoms with Crippen molar-refractivity contribution in [3.05, 3.63) is 23.2 Å². The first-order chi connectivity index (χ1) is 14.9. The molecule has 4 saturated heterocycles. The van der Waals surface area contributed by atoms with Crippen molar-refractivity contribution in [1.29, 1.82) is 0 Å². The molecule has 1 aromatic heterocycles. The molecule has 0 saturated carbocycles. The average molecular weight is 524 g/mol. The number of fused-ring (bicyclic) bond motifs is 4. The lowest BCUT2D eigenvalue weighted by molar-refractivity contribution is -0.183. The second-order valence-electron chi connectivity index (χ2n) is 9.31. The van der Waals surface area contributed by atoms with Crippen LogP contribution in [0.1, 0.15) is 51.4 Å². The molecule has 4 unspecified atom stereocenters. The zero-order chi connectivity index (χ0) is 23.3. The summed E-state index contributed by atoms with van der Waals surface area (Å²) in [6, 6.07) is 1.13. The molecule has 4 aliphatic heterocycles. The molecule has 4 atom stereocenters. The molecule has 0 aliphatic carbocycles. The van der Waals surface area contributed by atoms with Crippen molar-refractivity contribution in [1.82, 2.24) is 10.3 Å². The monoisotopic (exact) mass is 523 g/mol. The summed E-state index contributed by atoms with van der Waals surface area (Å²) in [4.78, 5) is 5.41. The SMILES string of the molecule is Cl.FC(F)(F)C1CC2CCC(C1)N2.Fc1cnc(Cl)cc1N1C2CCC1CC(C(F)(F)F)C2. The Morgan fingerprint density at radius 2 is 1.33 bits per heavy atom. The maximum absolute atomic E-state index is 13.9. The molecule has 1 aromatic rings. The Kier molecular flexibility index (Phi) is 8.01. The normalized spacial score (nSPS) is 33.3. The number of pyridine rings is 1. The zero-order valence-electron chi connectivity index (χ0n) is 17.6. The third-order valence-corrected chi connectivity index (χ3v) is 7.42. The van der Waals surface area contributed by atoms with Crippen molar-refractivity contribution in [3.8, 4) is 0 Å². The highest BCUT2D eigenvalue weighted by Crippen LogP contribution is 2.47. The van der Waals surface area contributed by atoms with Gasteiger partial charge in [-0.2, -0.15) is 26.3 Å². The van der Waals surface area contributed by atoms with Gasteiger partial charge in [-0.25, -0.2) is 9.37 Å². The van der Waals surface area contributed by atoms with Gasteiger partial charge in [0.1, 0.15) is 5.15 Å². The quantitative estimate of drug-likeness (QED) is 0.328. The van der Waals surface area contributed by atoms with Crippen LogP contribution in [0.5, 0.6) is 0 Å². The van der Waals surface area contributed by atoms with E-state index in [-0.39, 0.29) is 60.3 Å². The summed E-state index contributed by atoms with van der Waals surface area (Å²) in [6.45, 7) is 0. The third kappa shape index (κ3) is 5.99. The number of aromatic nitrogens is 1. The van der Waals surface area contributed by atoms with E-state index in [1.165, 1.54) is 6.07 Å². The lowest BCUT2D eigenvalue weighted by atomic mass is 9.90. The summed E-state index contributed by atoms with van der Waals surface area (Å²) in [5.74, 6) is -2.86. The summed E-state index contributed by atoms with van der Waals surface area (Å²) in [7, 11) is 0. The Bertz CT molecular complexity index is 794. The molecule has 4 fully saturated rings. The summed E-state index contributed by atoms with van der Waals surface area (Å²) in [5, 5.41) is 3.34. The Labute approximate surface area is 198 Å². The lowest BCUT2D eigenvalue weighted by Gasteiger charge is -2.41. The molecule has 0 spiro atoms. The predicted octanol–water partition coefficient (Wildman–Crippen LogP) is 6.68. The summed E-state index contributed by atoms with van der Waals surface area (Å²) < 4.78 is 89.3. The van der Waals surface area contributed by atoms with Crippen molar-refractivity contribution >= 4 is 29.7 Å². The molecule has 3 nitrogen and oxygen atoms in total. The molecule has 0 amide bonds. The van der Waals surface area contributed by atoms with E-state index in [0.29, 0.717) is 25.7 Å². The van der Waals surface area contributed by atoms with Gasteiger partial charge in [-0.15, -0.1) is 12.4 Å². The molecule has 12 heteroatoms. The molecule has 5 heterocycles. The maximum Gasteiger partial charge on any atom is 0.391 e. The number of hydrogen-bond acceptors (Lipinski definition) is 3. The summed E-state index contributed by atoms with van der Waals surface area (Å²) in [6.07, 6.45) is -3.29. The van der Waals surface area contributed by atoms with Crippen molar-refractivity contribution < 1.29 is 30.7 Å². The second kappa shape index (κ2) is 9.93. The molecular weight excluding hydrogens is 498 g/mol. The van der Waals surface area contributed by atoms with Crippen LogP contribution in [0.4, 0.5) is 36.4 Å². The van der Waals surface area contributed by atoms with Gasteiger partial charge in [-0.05, 0) is 51.4 Å². The third-order valence-electron chi connectivity index (χ3n) is 7.21. The number of nitrogens with one attached hydrogen (secondary N) is 1. The van der Waals surface area contributed by atoms with Crippen molar-refractivity contribution in [2.24, 2.45) is 11.8 Å². The zero-order valence-corrected chi connectivity index (χ0v) is 19.2. The Morgan fingerprint density at radius 1 is 0.848 bits per heavy atom. The largest absolute Gasteiger partial charge is 0.391 e. The standard InChI is InChI=1S/C13H13ClF4N2.C8H12F3N.ClH/c14-12-5-11(10(15)6-19-12)20-8-1-2-9(20)4-7(3-8)13(16,17)18;9-8(10,11)5-3-6-1-2-7(4-5)12-6;/h5-9H,1-4H2;5-7,12H,1-4H2;1H. The van der Waals surface area contributed by atoms with E-state index in [1.54, 1.807) is 4.90 Å². The van der Waals surface area contributed by atoms with Gasteiger partial charge in [-0.3, -0.25) is 0 Å². The number of piperidine rings is 2. The second-order valence-corrected chi connectivity index (χ2v) is 9.70. The van der Waals surface area contributed by atoms with Gasteiger partial charge in [0.15, 0.2) is 5.82 Å². The molecule has 188 valence electrons. The molecule has 0 aromatic carbocycles. The van der Waals surface area contributed by atoms with E-state index in [2.05, 4.69) is 10.3 Å². The van der Waals surface area contributed by atoms with Crippen LogP contribution in [-0.4, -0.2) is 41.5 Å². The highest BCUT2D eigenvalue weighted by molar-refractivity contribution is 6.29. The minimum Gasteiger partial charge on any atom is -0.363 e. The number of alkyl halides is 6. The van der Waals surface area contributed by atoms with Gasteiger partial charge >= 0.3 is 12.4 Å². The van der Waals surface area contributed by atoms with Crippen LogP contribution in [0.2, 0.25) is 5.15 Å². The smallest absolute Gasteiger partial charge is 0.363 e. The maximum atomic E-state index is 13.9. The molecule has 1 N–H and O–H groups in total. The van der Waals surface area contributed by atoms with Gasteiger partial charge < -0.3 is 10.2 Å². The Morgan fingerprint density at radius 3 is 1.82 bits per heavy atom. The van der Waals surface area contributed by atoms with Crippen molar-refractivity contribution in [2.75, 3.05) is 4.90 Å². The van der Waals surface area contributed by atoms with E-state index in [4.69, 9.17) is 11.6 Å². The van der Waals surface area contributed by atoms with Crippen LogP contribution >= 0.6 is 24.0 Å². The molecule has 4 bridgehead atoms. The van der Waals surface area contributed by atoms with Crippen molar-refractivity contribution in [3.63, 3.8) is 0 Å². The van der Waals surface area contributed by atoms with Gasteiger partial charge in [0, 0.05) is 30.2 Å². The molecule has 5 rings (SSSR count). The number of rotatable bonds is 1. The number of anilines is 1. The average Bonchev–Trinajstić information content (AvgIpc) is 3.16. The predicted molar refractivity (Wildman–Crippen MR) is 113 cm³/mol. The first-order valence-electron chi connectivity index (χ1n) is 10.9. The van der Waals surface area contributed by atoms with Crippen LogP contribution in [0.25, 0.3) is 0 Å². The van der Waals surface area contributed by atoms with E-state index < -0.39 is 30.0 Å². The first kappa shape index (κ1) is 26.6. The first-order valence-corrected chi connectivity index (χ1v) is 11.3. The van der Waals surface area contributed by atoms with Crippen LogP contribution in [0.3, 0.4) is 0 Å². The van der Waals surface area contributed by atoms with Crippen LogP contribution in [-0.2, 0) is 0 Å². The minimum absolute atomic E-state index is 0. The fraction of sp³-hybridized carbons (Fsp3) is 0.762. The van der Waals surface area contributed by atoms with E-state index in [1.807, 2.05) is 0 Å². The van der Waals surface area contributed by atoms with E-state index in [0.717, 1.165) is 19.0 Å². The fourth-order valence-corrected chi connectivity index (χ4v) is 5.92. The highest BCUT2D eigenvalue weighted by Gasteiger charge is 2.50. The topological polar surface area (TPSA) is 28.2 Å². The molecule has 0 radical (unpaired) electrons. The minimum atomic E-state index is -4.17. The Hall–Kier alpha value is -1.00. The number of hydrogen-bond donors (Lipinski definition) is 1. The number of nitrogens with zero attached hydrogens (tertiary/aromatic N) is 2.